The largest absolute Gasteiger partial charge is 0.260 e. The zero-order chi connectivity index (χ0) is 11.6. The van der Waals surface area contributed by atoms with Crippen molar-refractivity contribution in [2.24, 2.45) is 0 Å². The first-order chi connectivity index (χ1) is 7.83. The summed E-state index contributed by atoms with van der Waals surface area (Å²) in [6.07, 6.45) is 12.7. The SMILES string of the molecule is CCCCCCCCCc1ccc(I)cn1. The highest BCUT2D eigenvalue weighted by Crippen LogP contribution is 2.10. The molecule has 0 bridgehead atoms. The van der Waals surface area contributed by atoms with Gasteiger partial charge in [0.05, 0.1) is 0 Å². The topological polar surface area (TPSA) is 12.9 Å². The lowest BCUT2D eigenvalue weighted by Crippen LogP contribution is -1.90. The highest BCUT2D eigenvalue weighted by molar-refractivity contribution is 14.1. The minimum Gasteiger partial charge on any atom is -0.260 e. The summed E-state index contributed by atoms with van der Waals surface area (Å²) in [5.74, 6) is 0. The van der Waals surface area contributed by atoms with Gasteiger partial charge in [-0.3, -0.25) is 4.98 Å². The van der Waals surface area contributed by atoms with Gasteiger partial charge in [0.2, 0.25) is 0 Å². The number of aryl methyl sites for hydroxylation is 1. The summed E-state index contributed by atoms with van der Waals surface area (Å²) >= 11 is 2.30. The van der Waals surface area contributed by atoms with Crippen molar-refractivity contribution in [2.75, 3.05) is 0 Å². The number of hydrogen-bond donors (Lipinski definition) is 0. The number of aromatic nitrogens is 1. The molecule has 0 amide bonds. The Balaban J connectivity index is 2.01. The molecule has 1 nitrogen and oxygen atoms in total. The maximum Gasteiger partial charge on any atom is 0.0404 e. The second-order valence-corrected chi connectivity index (χ2v) is 5.58. The lowest BCUT2D eigenvalue weighted by molar-refractivity contribution is 0.587. The quantitative estimate of drug-likeness (QED) is 0.484. The Labute approximate surface area is 113 Å². The Kier molecular flexibility index (Phi) is 7.81. The molecule has 90 valence electrons. The fraction of sp³-hybridized carbons (Fsp3) is 0.643. The standard InChI is InChI=1S/C14H22IN/c1-2-3-4-5-6-7-8-9-14-11-10-13(15)12-16-14/h10-12H,2-9H2,1H3. The fourth-order valence-corrected chi connectivity index (χ4v) is 2.14. The van der Waals surface area contributed by atoms with Crippen LogP contribution >= 0.6 is 22.6 Å². The monoisotopic (exact) mass is 331 g/mol. The molecule has 1 aromatic heterocycles. The molecule has 16 heavy (non-hydrogen) atoms. The van der Waals surface area contributed by atoms with Crippen molar-refractivity contribution in [3.05, 3.63) is 27.6 Å². The highest BCUT2D eigenvalue weighted by Gasteiger charge is 1.95. The Morgan fingerprint density at radius 2 is 1.69 bits per heavy atom. The number of hydrogen-bond acceptors (Lipinski definition) is 1. The predicted octanol–water partition coefficient (Wildman–Crippen LogP) is 4.98. The van der Waals surface area contributed by atoms with Gasteiger partial charge in [-0.05, 0) is 47.6 Å². The third kappa shape index (κ3) is 6.46. The van der Waals surface area contributed by atoms with Crippen LogP contribution in [0.5, 0.6) is 0 Å². The third-order valence-electron chi connectivity index (χ3n) is 2.83. The number of pyridine rings is 1. The first kappa shape index (κ1) is 13.9. The van der Waals surface area contributed by atoms with Crippen molar-refractivity contribution in [2.45, 2.75) is 58.3 Å². The van der Waals surface area contributed by atoms with Gasteiger partial charge in [-0.15, -0.1) is 0 Å². The molecule has 0 aromatic carbocycles. The molecule has 1 rings (SSSR count). The predicted molar refractivity (Wildman–Crippen MR) is 78.7 cm³/mol. The van der Waals surface area contributed by atoms with Gasteiger partial charge in [-0.1, -0.05) is 45.4 Å². The molecule has 0 aliphatic carbocycles. The van der Waals surface area contributed by atoms with E-state index in [4.69, 9.17) is 0 Å². The fourth-order valence-electron chi connectivity index (χ4n) is 1.82. The smallest absolute Gasteiger partial charge is 0.0404 e. The van der Waals surface area contributed by atoms with Gasteiger partial charge in [-0.25, -0.2) is 0 Å². The zero-order valence-electron chi connectivity index (χ0n) is 10.2. The van der Waals surface area contributed by atoms with Crippen LogP contribution in [0.3, 0.4) is 0 Å². The normalized spacial score (nSPS) is 10.6. The molecule has 0 saturated heterocycles. The molecule has 2 heteroatoms. The van der Waals surface area contributed by atoms with E-state index >= 15 is 0 Å². The number of unbranched alkanes of at least 4 members (excludes halogenated alkanes) is 6. The summed E-state index contributed by atoms with van der Waals surface area (Å²) < 4.78 is 1.22. The molecule has 0 radical (unpaired) electrons. The van der Waals surface area contributed by atoms with Gasteiger partial charge < -0.3 is 0 Å². The summed E-state index contributed by atoms with van der Waals surface area (Å²) in [5, 5.41) is 0. The lowest BCUT2D eigenvalue weighted by atomic mass is 10.1. The maximum atomic E-state index is 4.42. The molecular weight excluding hydrogens is 309 g/mol. The second kappa shape index (κ2) is 8.97. The molecule has 1 heterocycles. The van der Waals surface area contributed by atoms with E-state index < -0.39 is 0 Å². The molecule has 0 unspecified atom stereocenters. The van der Waals surface area contributed by atoms with Crippen LogP contribution in [0.4, 0.5) is 0 Å². The van der Waals surface area contributed by atoms with E-state index in [1.54, 1.807) is 0 Å². The molecule has 0 fully saturated rings. The van der Waals surface area contributed by atoms with Crippen LogP contribution < -0.4 is 0 Å². The average Bonchev–Trinajstić information content (AvgIpc) is 2.30. The van der Waals surface area contributed by atoms with Crippen LogP contribution in [0, 0.1) is 3.57 Å². The van der Waals surface area contributed by atoms with Crippen LogP contribution in [0.15, 0.2) is 18.3 Å². The van der Waals surface area contributed by atoms with Crippen molar-refractivity contribution in [1.82, 2.24) is 4.98 Å². The Morgan fingerprint density at radius 3 is 2.31 bits per heavy atom. The Morgan fingerprint density at radius 1 is 1.00 bits per heavy atom. The average molecular weight is 331 g/mol. The van der Waals surface area contributed by atoms with Crippen LogP contribution in [-0.4, -0.2) is 4.98 Å². The molecule has 1 aromatic rings. The molecule has 0 aliphatic rings. The minimum absolute atomic E-state index is 1.14. The molecule has 0 N–H and O–H groups in total. The van der Waals surface area contributed by atoms with Crippen molar-refractivity contribution < 1.29 is 0 Å². The van der Waals surface area contributed by atoms with E-state index in [-0.39, 0.29) is 0 Å². The van der Waals surface area contributed by atoms with Gasteiger partial charge in [0.25, 0.3) is 0 Å². The maximum absolute atomic E-state index is 4.42. The lowest BCUT2D eigenvalue weighted by Gasteiger charge is -2.01. The van der Waals surface area contributed by atoms with Gasteiger partial charge in [0.15, 0.2) is 0 Å². The summed E-state index contributed by atoms with van der Waals surface area (Å²) in [4.78, 5) is 4.42. The number of rotatable bonds is 8. The highest BCUT2D eigenvalue weighted by atomic mass is 127. The van der Waals surface area contributed by atoms with E-state index in [9.17, 15) is 0 Å². The first-order valence-electron chi connectivity index (χ1n) is 6.43. The molecule has 0 spiro atoms. The van der Waals surface area contributed by atoms with Crippen LogP contribution in [0.25, 0.3) is 0 Å². The van der Waals surface area contributed by atoms with Gasteiger partial charge in [-0.2, -0.15) is 0 Å². The van der Waals surface area contributed by atoms with Gasteiger partial charge in [0, 0.05) is 15.5 Å². The van der Waals surface area contributed by atoms with E-state index in [2.05, 4.69) is 46.6 Å². The number of nitrogens with zero attached hydrogens (tertiary/aromatic N) is 1. The van der Waals surface area contributed by atoms with Gasteiger partial charge in [0.1, 0.15) is 0 Å². The summed E-state index contributed by atoms with van der Waals surface area (Å²) in [5.41, 5.74) is 1.24. The van der Waals surface area contributed by atoms with E-state index in [0.29, 0.717) is 0 Å². The second-order valence-electron chi connectivity index (χ2n) is 4.34. The van der Waals surface area contributed by atoms with E-state index in [1.807, 2.05) is 6.20 Å². The van der Waals surface area contributed by atoms with Crippen molar-refractivity contribution in [3.8, 4) is 0 Å². The van der Waals surface area contributed by atoms with Gasteiger partial charge >= 0.3 is 0 Å². The van der Waals surface area contributed by atoms with Crippen LogP contribution in [0.2, 0.25) is 0 Å². The van der Waals surface area contributed by atoms with Crippen LogP contribution in [0.1, 0.15) is 57.6 Å². The van der Waals surface area contributed by atoms with E-state index in [0.717, 1.165) is 6.42 Å². The summed E-state index contributed by atoms with van der Waals surface area (Å²) in [6.45, 7) is 2.27. The van der Waals surface area contributed by atoms with E-state index in [1.165, 1.54) is 54.2 Å². The summed E-state index contributed by atoms with van der Waals surface area (Å²) in [6, 6.07) is 4.29. The zero-order valence-corrected chi connectivity index (χ0v) is 12.4. The van der Waals surface area contributed by atoms with Crippen LogP contribution in [-0.2, 0) is 6.42 Å². The Hall–Kier alpha value is -0.120. The number of halogens is 1. The Bertz CT molecular complexity index is 269. The molecule has 0 aliphatic heterocycles. The molecule has 0 atom stereocenters. The third-order valence-corrected chi connectivity index (χ3v) is 3.46. The van der Waals surface area contributed by atoms with Crippen molar-refractivity contribution >= 4 is 22.6 Å². The molecule has 0 saturated carbocycles. The van der Waals surface area contributed by atoms with Crippen molar-refractivity contribution in [1.29, 1.82) is 0 Å². The summed E-state index contributed by atoms with van der Waals surface area (Å²) in [7, 11) is 0. The minimum atomic E-state index is 1.14. The first-order valence-corrected chi connectivity index (χ1v) is 7.51. The molecular formula is C14H22IN. The van der Waals surface area contributed by atoms with Crippen molar-refractivity contribution in [3.63, 3.8) is 0 Å².